The zero-order chi connectivity index (χ0) is 14.3. The summed E-state index contributed by atoms with van der Waals surface area (Å²) < 4.78 is 36.9. The standard InChI is InChI=1S/C7H11N3O3/c1-5(11)4-9-6(2)8-3-7(9)10(12)13/h3,5,11H,4H2,1-2H3/i1D2,4D2,5D. The minimum absolute atomic E-state index is 0.141. The summed E-state index contributed by atoms with van der Waals surface area (Å²) in [5, 5.41) is 20.3. The quantitative estimate of drug-likeness (QED) is 0.555. The minimum atomic E-state index is -3.18. The molecule has 0 saturated heterocycles. The zero-order valence-corrected chi connectivity index (χ0v) is 6.76. The summed E-state index contributed by atoms with van der Waals surface area (Å²) in [5.74, 6) is -0.901. The molecule has 1 aromatic heterocycles. The zero-order valence-electron chi connectivity index (χ0n) is 11.8. The highest BCUT2D eigenvalue weighted by Gasteiger charge is 2.18. The van der Waals surface area contributed by atoms with Gasteiger partial charge < -0.3 is 15.2 Å². The topological polar surface area (TPSA) is 81.2 Å². The average molecular weight is 190 g/mol. The molecule has 0 aliphatic rings. The second kappa shape index (κ2) is 3.53. The second-order valence-electron chi connectivity index (χ2n) is 2.25. The maximum absolute atomic E-state index is 10.7. The number of imidazole rings is 1. The summed E-state index contributed by atoms with van der Waals surface area (Å²) in [4.78, 5) is 13.3. The van der Waals surface area contributed by atoms with Crippen LogP contribution in [-0.4, -0.2) is 25.7 Å². The summed E-state index contributed by atoms with van der Waals surface area (Å²) in [7, 11) is 0. The molecule has 1 atom stereocenters. The summed E-state index contributed by atoms with van der Waals surface area (Å²) in [6.07, 6.45) is -2.39. The molecule has 6 heteroatoms. The summed E-state index contributed by atoms with van der Waals surface area (Å²) in [5.41, 5.74) is 0. The van der Waals surface area contributed by atoms with Crippen molar-refractivity contribution < 1.29 is 16.9 Å². The molecular weight excluding hydrogens is 174 g/mol. The van der Waals surface area contributed by atoms with Gasteiger partial charge in [0.15, 0.2) is 5.82 Å². The van der Waals surface area contributed by atoms with Gasteiger partial charge in [-0.3, -0.25) is 0 Å². The first kappa shape index (κ1) is 4.71. The van der Waals surface area contributed by atoms with Crippen LogP contribution in [0, 0.1) is 17.0 Å². The Morgan fingerprint density at radius 1 is 2.15 bits per heavy atom. The van der Waals surface area contributed by atoms with Crippen LogP contribution in [0.15, 0.2) is 6.20 Å². The molecule has 1 N–H and O–H groups in total. The van der Waals surface area contributed by atoms with Gasteiger partial charge in [-0.25, -0.2) is 9.55 Å². The number of nitro groups is 1. The van der Waals surface area contributed by atoms with Crippen molar-refractivity contribution in [1.82, 2.24) is 9.55 Å². The highest BCUT2D eigenvalue weighted by Crippen LogP contribution is 2.13. The number of aliphatic hydroxyl groups is 1. The normalized spacial score (nSPS) is 22.2. The SMILES string of the molecule is [2H]C([2H])C([2H])(O)C([2H])([2H])n1c([N+](=O)[O-])cnc1C. The Labute approximate surface area is 82.0 Å². The maximum Gasteiger partial charge on any atom is 0.342 e. The first-order chi connectivity index (χ1) is 8.03. The smallest absolute Gasteiger partial charge is 0.342 e. The van der Waals surface area contributed by atoms with E-state index in [1.165, 1.54) is 6.92 Å². The number of hydrogen-bond donors (Lipinski definition) is 1. The Hall–Kier alpha value is -1.43. The number of aryl methyl sites for hydroxylation is 1. The van der Waals surface area contributed by atoms with Gasteiger partial charge in [-0.2, -0.15) is 0 Å². The highest BCUT2D eigenvalue weighted by atomic mass is 16.6. The van der Waals surface area contributed by atoms with Gasteiger partial charge in [-0.15, -0.1) is 0 Å². The van der Waals surface area contributed by atoms with Gasteiger partial charge in [0.1, 0.15) is 12.7 Å². The van der Waals surface area contributed by atoms with Crippen LogP contribution in [0.3, 0.4) is 0 Å². The third-order valence-corrected chi connectivity index (χ3v) is 1.33. The first-order valence-electron chi connectivity index (χ1n) is 5.95. The van der Waals surface area contributed by atoms with Crippen LogP contribution in [0.25, 0.3) is 0 Å². The van der Waals surface area contributed by atoms with E-state index < -0.39 is 30.2 Å². The fraction of sp³-hybridized carbons (Fsp3) is 0.571. The first-order valence-corrected chi connectivity index (χ1v) is 3.29. The van der Waals surface area contributed by atoms with E-state index in [4.69, 9.17) is 6.85 Å². The van der Waals surface area contributed by atoms with E-state index in [1.54, 1.807) is 0 Å². The molecule has 0 spiro atoms. The Balaban J connectivity index is 3.45. The number of rotatable bonds is 3. The molecule has 0 aliphatic heterocycles. The van der Waals surface area contributed by atoms with Crippen LogP contribution in [0.4, 0.5) is 5.82 Å². The van der Waals surface area contributed by atoms with Crippen LogP contribution < -0.4 is 0 Å². The number of aromatic nitrogens is 2. The molecule has 0 aliphatic carbocycles. The van der Waals surface area contributed by atoms with Gasteiger partial charge in [-0.1, -0.05) is 0 Å². The Morgan fingerprint density at radius 3 is 3.38 bits per heavy atom. The third-order valence-electron chi connectivity index (χ3n) is 1.33. The van der Waals surface area contributed by atoms with Crippen molar-refractivity contribution in [1.29, 1.82) is 0 Å². The van der Waals surface area contributed by atoms with E-state index in [9.17, 15) is 15.2 Å². The van der Waals surface area contributed by atoms with Crippen LogP contribution in [0.2, 0.25) is 0 Å². The predicted octanol–water partition coefficient (Wildman–Crippen LogP) is 0.481. The van der Waals surface area contributed by atoms with Crippen LogP contribution in [0.1, 0.15) is 19.6 Å². The molecular formula is C7H11N3O3. The van der Waals surface area contributed by atoms with Gasteiger partial charge in [-0.05, 0) is 11.8 Å². The van der Waals surface area contributed by atoms with Crippen molar-refractivity contribution in [2.45, 2.75) is 26.4 Å². The summed E-state index contributed by atoms with van der Waals surface area (Å²) in [6.45, 7) is -4.04. The minimum Gasteiger partial charge on any atom is -0.389 e. The molecule has 1 heterocycles. The van der Waals surface area contributed by atoms with Gasteiger partial charge in [0.25, 0.3) is 0 Å². The van der Waals surface area contributed by atoms with E-state index in [1.807, 2.05) is 0 Å². The van der Waals surface area contributed by atoms with Gasteiger partial charge >= 0.3 is 5.82 Å². The average Bonchev–Trinajstić information content (AvgIpc) is 2.60. The Kier molecular flexibility index (Phi) is 1.28. The molecule has 72 valence electrons. The number of nitrogens with zero attached hydrogens (tertiary/aromatic N) is 3. The summed E-state index contributed by atoms with van der Waals surface area (Å²) >= 11 is 0. The monoisotopic (exact) mass is 190 g/mol. The molecule has 13 heavy (non-hydrogen) atoms. The van der Waals surface area contributed by atoms with Crippen LogP contribution >= 0.6 is 0 Å². The maximum atomic E-state index is 10.7. The van der Waals surface area contributed by atoms with E-state index in [0.717, 1.165) is 6.20 Å². The molecule has 0 aromatic carbocycles. The van der Waals surface area contributed by atoms with Crippen molar-refractivity contribution in [2.24, 2.45) is 0 Å². The molecule has 0 bridgehead atoms. The molecule has 0 saturated carbocycles. The highest BCUT2D eigenvalue weighted by molar-refractivity contribution is 5.18. The second-order valence-corrected chi connectivity index (χ2v) is 2.25. The fourth-order valence-corrected chi connectivity index (χ4v) is 0.814. The van der Waals surface area contributed by atoms with Gasteiger partial charge in [0.05, 0.1) is 10.2 Å². The summed E-state index contributed by atoms with van der Waals surface area (Å²) in [6, 6.07) is 0. The fourth-order valence-electron chi connectivity index (χ4n) is 0.814. The van der Waals surface area contributed by atoms with Crippen LogP contribution in [-0.2, 0) is 6.50 Å². The predicted molar refractivity (Wildman–Crippen MR) is 45.3 cm³/mol. The lowest BCUT2D eigenvalue weighted by molar-refractivity contribution is -0.392. The largest absolute Gasteiger partial charge is 0.389 e. The molecule has 0 radical (unpaired) electrons. The molecule has 1 rings (SSSR count). The molecule has 0 amide bonds. The van der Waals surface area contributed by atoms with Gasteiger partial charge in [0.2, 0.25) is 0 Å². The number of hydrogen-bond acceptors (Lipinski definition) is 4. The third kappa shape index (κ3) is 2.03. The van der Waals surface area contributed by atoms with E-state index in [-0.39, 0.29) is 5.82 Å². The lowest BCUT2D eigenvalue weighted by Crippen LogP contribution is -2.14. The van der Waals surface area contributed by atoms with E-state index in [2.05, 4.69) is 4.98 Å². The van der Waals surface area contributed by atoms with Crippen molar-refractivity contribution >= 4 is 5.82 Å². The van der Waals surface area contributed by atoms with Gasteiger partial charge in [0, 0.05) is 9.67 Å². The van der Waals surface area contributed by atoms with Crippen molar-refractivity contribution in [3.8, 4) is 0 Å². The molecule has 0 fully saturated rings. The molecule has 1 unspecified atom stereocenters. The van der Waals surface area contributed by atoms with Crippen LogP contribution in [0.5, 0.6) is 0 Å². The van der Waals surface area contributed by atoms with E-state index >= 15 is 0 Å². The lowest BCUT2D eigenvalue weighted by Gasteiger charge is -2.04. The Morgan fingerprint density at radius 2 is 2.85 bits per heavy atom. The van der Waals surface area contributed by atoms with Crippen molar-refractivity contribution in [3.05, 3.63) is 22.1 Å². The van der Waals surface area contributed by atoms with Crippen molar-refractivity contribution in [3.63, 3.8) is 0 Å². The molecule has 6 nitrogen and oxygen atoms in total. The van der Waals surface area contributed by atoms with E-state index in [0.29, 0.717) is 4.57 Å². The lowest BCUT2D eigenvalue weighted by atomic mass is 10.4. The Bertz CT molecular complexity index is 473. The van der Waals surface area contributed by atoms with Crippen molar-refractivity contribution in [2.75, 3.05) is 0 Å². The molecule has 1 aromatic rings.